The van der Waals surface area contributed by atoms with Crippen LogP contribution in [0.3, 0.4) is 0 Å². The van der Waals surface area contributed by atoms with E-state index in [2.05, 4.69) is 16.0 Å². The molecule has 3 aromatic carbocycles. The fourth-order valence-corrected chi connectivity index (χ4v) is 4.63. The molecule has 8 nitrogen and oxygen atoms in total. The Morgan fingerprint density at radius 2 is 1.34 bits per heavy atom. The summed E-state index contributed by atoms with van der Waals surface area (Å²) >= 11 is 0. The van der Waals surface area contributed by atoms with E-state index in [4.69, 9.17) is 4.74 Å². The van der Waals surface area contributed by atoms with Crippen LogP contribution in [0.15, 0.2) is 72.8 Å². The van der Waals surface area contributed by atoms with Crippen molar-refractivity contribution < 1.29 is 23.9 Å². The molecule has 3 amide bonds. The first kappa shape index (κ1) is 31.3. The summed E-state index contributed by atoms with van der Waals surface area (Å²) < 4.78 is 5.39. The van der Waals surface area contributed by atoms with Crippen molar-refractivity contribution in [3.8, 4) is 0 Å². The zero-order valence-electron chi connectivity index (χ0n) is 24.3. The lowest BCUT2D eigenvalue weighted by Gasteiger charge is -2.25. The van der Waals surface area contributed by atoms with E-state index in [1.165, 1.54) is 0 Å². The maximum absolute atomic E-state index is 13.6. The number of ether oxygens (including phenoxy) is 1. The topological polar surface area (TPSA) is 114 Å². The van der Waals surface area contributed by atoms with Crippen molar-refractivity contribution in [2.24, 2.45) is 11.8 Å². The maximum Gasteiger partial charge on any atom is 0.408 e. The predicted octanol–water partition coefficient (Wildman–Crippen LogP) is 4.94. The van der Waals surface area contributed by atoms with E-state index < -0.39 is 36.0 Å². The van der Waals surface area contributed by atoms with Crippen LogP contribution in [0.25, 0.3) is 10.8 Å². The van der Waals surface area contributed by atoms with Crippen LogP contribution in [0.1, 0.15) is 51.7 Å². The molecule has 8 heteroatoms. The van der Waals surface area contributed by atoms with Gasteiger partial charge in [-0.3, -0.25) is 9.59 Å². The molecule has 0 aliphatic heterocycles. The minimum atomic E-state index is -1.00. The summed E-state index contributed by atoms with van der Waals surface area (Å²) in [5, 5.41) is 10.4. The molecular formula is C33H41N3O5. The smallest absolute Gasteiger partial charge is 0.408 e. The van der Waals surface area contributed by atoms with Crippen LogP contribution >= 0.6 is 0 Å². The molecule has 0 radical (unpaired) electrons. The van der Waals surface area contributed by atoms with Crippen molar-refractivity contribution in [3.63, 3.8) is 0 Å². The van der Waals surface area contributed by atoms with Crippen molar-refractivity contribution in [1.29, 1.82) is 0 Å². The molecule has 0 saturated carbocycles. The zero-order chi connectivity index (χ0) is 29.8. The average Bonchev–Trinajstić information content (AvgIpc) is 2.95. The standard InChI is InChI=1S/C33H41N3O5/c1-22(2)16-28(20-37)34-31(38)29(17-23(3)4)35-32(39)30(36-33(40)41-21-24-10-6-5-7-11-24)19-25-14-15-26-12-8-9-13-27(26)18-25/h5-15,18,20,22-23,28-30H,16-17,19,21H2,1-4H3,(H,34,38)(H,35,39)(H,36,40)/t28-,29?,30-/m0/s1. The molecule has 3 N–H and O–H groups in total. The fraction of sp³-hybridized carbons (Fsp3) is 0.394. The van der Waals surface area contributed by atoms with E-state index in [-0.39, 0.29) is 24.9 Å². The van der Waals surface area contributed by atoms with E-state index in [9.17, 15) is 19.2 Å². The molecule has 3 atom stereocenters. The molecule has 0 aromatic heterocycles. The van der Waals surface area contributed by atoms with Gasteiger partial charge in [-0.05, 0) is 46.6 Å². The van der Waals surface area contributed by atoms with Crippen LogP contribution < -0.4 is 16.0 Å². The number of fused-ring (bicyclic) bond motifs is 1. The van der Waals surface area contributed by atoms with Crippen LogP contribution in [-0.2, 0) is 32.1 Å². The molecule has 0 heterocycles. The Bertz CT molecular complexity index is 1310. The lowest BCUT2D eigenvalue weighted by molar-refractivity contribution is -0.131. The van der Waals surface area contributed by atoms with Gasteiger partial charge in [0.1, 0.15) is 25.0 Å². The van der Waals surface area contributed by atoms with Gasteiger partial charge in [-0.1, -0.05) is 100 Å². The van der Waals surface area contributed by atoms with Gasteiger partial charge in [-0.25, -0.2) is 4.79 Å². The van der Waals surface area contributed by atoms with Gasteiger partial charge in [0.05, 0.1) is 6.04 Å². The molecule has 0 aliphatic rings. The molecule has 0 saturated heterocycles. The summed E-state index contributed by atoms with van der Waals surface area (Å²) in [5.41, 5.74) is 1.66. The van der Waals surface area contributed by atoms with Crippen molar-refractivity contribution in [1.82, 2.24) is 16.0 Å². The average molecular weight is 560 g/mol. The molecule has 0 aliphatic carbocycles. The second-order valence-electron chi connectivity index (χ2n) is 11.2. The Labute approximate surface area is 242 Å². The predicted molar refractivity (Wildman–Crippen MR) is 160 cm³/mol. The molecule has 0 bridgehead atoms. The highest BCUT2D eigenvalue weighted by Gasteiger charge is 2.29. The van der Waals surface area contributed by atoms with Crippen molar-refractivity contribution >= 4 is 35.0 Å². The van der Waals surface area contributed by atoms with Crippen LogP contribution in [0, 0.1) is 11.8 Å². The number of hydrogen-bond donors (Lipinski definition) is 3. The van der Waals surface area contributed by atoms with E-state index in [0.29, 0.717) is 12.8 Å². The van der Waals surface area contributed by atoms with E-state index in [1.807, 2.05) is 100 Å². The lowest BCUT2D eigenvalue weighted by Crippen LogP contribution is -2.56. The van der Waals surface area contributed by atoms with E-state index >= 15 is 0 Å². The highest BCUT2D eigenvalue weighted by Crippen LogP contribution is 2.17. The fourth-order valence-electron chi connectivity index (χ4n) is 4.63. The number of alkyl carbamates (subject to hydrolysis) is 1. The van der Waals surface area contributed by atoms with Gasteiger partial charge in [0.2, 0.25) is 11.8 Å². The summed E-state index contributed by atoms with van der Waals surface area (Å²) in [4.78, 5) is 51.2. The largest absolute Gasteiger partial charge is 0.445 e. The molecule has 3 rings (SSSR count). The van der Waals surface area contributed by atoms with Gasteiger partial charge in [-0.15, -0.1) is 0 Å². The Balaban J connectivity index is 1.78. The Kier molecular flexibility index (Phi) is 11.9. The summed E-state index contributed by atoms with van der Waals surface area (Å²) in [6.45, 7) is 7.89. The van der Waals surface area contributed by atoms with Gasteiger partial charge in [0.25, 0.3) is 0 Å². The maximum atomic E-state index is 13.6. The Hall–Kier alpha value is -4.20. The first-order valence-corrected chi connectivity index (χ1v) is 14.2. The minimum absolute atomic E-state index is 0.0539. The molecule has 0 spiro atoms. The molecule has 218 valence electrons. The number of carbonyl (C=O) groups excluding carboxylic acids is 4. The Morgan fingerprint density at radius 3 is 2.00 bits per heavy atom. The number of rotatable bonds is 14. The number of benzene rings is 3. The zero-order valence-corrected chi connectivity index (χ0v) is 24.3. The van der Waals surface area contributed by atoms with Crippen LogP contribution in [0.2, 0.25) is 0 Å². The van der Waals surface area contributed by atoms with Crippen molar-refractivity contribution in [2.45, 2.75) is 71.7 Å². The normalized spacial score (nSPS) is 13.3. The second kappa shape index (κ2) is 15.6. The molecule has 0 fully saturated rings. The van der Waals surface area contributed by atoms with E-state index in [0.717, 1.165) is 28.2 Å². The van der Waals surface area contributed by atoms with Crippen LogP contribution in [-0.4, -0.2) is 42.3 Å². The quantitative estimate of drug-likeness (QED) is 0.242. The number of aldehydes is 1. The van der Waals surface area contributed by atoms with Gasteiger partial charge >= 0.3 is 6.09 Å². The SMILES string of the molecule is CC(C)CC(NC(=O)[C@H](Cc1ccc2ccccc2c1)NC(=O)OCc1ccccc1)C(=O)N[C@H](C=O)CC(C)C. The number of carbonyl (C=O) groups is 4. The summed E-state index contributed by atoms with van der Waals surface area (Å²) in [7, 11) is 0. The summed E-state index contributed by atoms with van der Waals surface area (Å²) in [6, 6.07) is 20.5. The van der Waals surface area contributed by atoms with Gasteiger partial charge < -0.3 is 25.5 Å². The Morgan fingerprint density at radius 1 is 0.707 bits per heavy atom. The van der Waals surface area contributed by atoms with Gasteiger partial charge in [-0.2, -0.15) is 0 Å². The molecule has 1 unspecified atom stereocenters. The summed E-state index contributed by atoms with van der Waals surface area (Å²) in [5.74, 6) is -0.641. The van der Waals surface area contributed by atoms with Crippen LogP contribution in [0.4, 0.5) is 4.79 Å². The molecule has 41 heavy (non-hydrogen) atoms. The first-order chi connectivity index (χ1) is 19.6. The third-order valence-corrected chi connectivity index (χ3v) is 6.63. The van der Waals surface area contributed by atoms with Crippen molar-refractivity contribution in [2.75, 3.05) is 0 Å². The van der Waals surface area contributed by atoms with Gasteiger partial charge in [0.15, 0.2) is 0 Å². The molecular weight excluding hydrogens is 518 g/mol. The minimum Gasteiger partial charge on any atom is -0.445 e. The number of amides is 3. The third kappa shape index (κ3) is 10.4. The summed E-state index contributed by atoms with van der Waals surface area (Å²) in [6.07, 6.45) is 1.04. The van der Waals surface area contributed by atoms with Crippen LogP contribution in [0.5, 0.6) is 0 Å². The monoisotopic (exact) mass is 559 g/mol. The first-order valence-electron chi connectivity index (χ1n) is 14.2. The van der Waals surface area contributed by atoms with E-state index in [1.54, 1.807) is 0 Å². The molecule has 3 aromatic rings. The highest BCUT2D eigenvalue weighted by molar-refractivity contribution is 5.92. The lowest BCUT2D eigenvalue weighted by atomic mass is 9.99. The van der Waals surface area contributed by atoms with Crippen molar-refractivity contribution in [3.05, 3.63) is 83.9 Å². The third-order valence-electron chi connectivity index (χ3n) is 6.63. The number of hydrogen-bond acceptors (Lipinski definition) is 5. The van der Waals surface area contributed by atoms with Gasteiger partial charge in [0, 0.05) is 6.42 Å². The highest BCUT2D eigenvalue weighted by atomic mass is 16.5. The number of nitrogens with one attached hydrogen (secondary N) is 3. The second-order valence-corrected chi connectivity index (χ2v) is 11.2.